The Morgan fingerprint density at radius 2 is 2.00 bits per heavy atom. The van der Waals surface area contributed by atoms with E-state index in [1.165, 1.54) is 16.5 Å². The number of piperidine rings is 1. The van der Waals surface area contributed by atoms with Crippen molar-refractivity contribution in [2.24, 2.45) is 0 Å². The minimum absolute atomic E-state index is 0.0438. The molecule has 2 aromatic carbocycles. The van der Waals surface area contributed by atoms with E-state index in [2.05, 4.69) is 39.2 Å². The van der Waals surface area contributed by atoms with E-state index in [1.54, 1.807) is 12.2 Å². The molecule has 2 heterocycles. The smallest absolute Gasteiger partial charge is 0.224 e. The van der Waals surface area contributed by atoms with Crippen LogP contribution in [0.4, 0.5) is 10.1 Å². The van der Waals surface area contributed by atoms with Crippen LogP contribution in [0.2, 0.25) is 5.02 Å². The van der Waals surface area contributed by atoms with Crippen molar-refractivity contribution >= 4 is 34.1 Å². The van der Waals surface area contributed by atoms with Crippen LogP contribution in [0, 0.1) is 0 Å². The lowest BCUT2D eigenvalue weighted by Gasteiger charge is -2.32. The van der Waals surface area contributed by atoms with Crippen LogP contribution in [0.15, 0.2) is 72.7 Å². The summed E-state index contributed by atoms with van der Waals surface area (Å²) < 4.78 is 15.8. The number of hydrogen-bond acceptors (Lipinski definition) is 2. The number of benzene rings is 2. The second-order valence-corrected chi connectivity index (χ2v) is 9.99. The van der Waals surface area contributed by atoms with E-state index < -0.39 is 0 Å². The molecule has 0 radical (unpaired) electrons. The van der Waals surface area contributed by atoms with Gasteiger partial charge in [0.05, 0.1) is 11.6 Å². The van der Waals surface area contributed by atoms with Gasteiger partial charge >= 0.3 is 0 Å². The molecule has 1 unspecified atom stereocenters. The number of rotatable bonds is 6. The summed E-state index contributed by atoms with van der Waals surface area (Å²) in [5, 5.41) is 4.89. The summed E-state index contributed by atoms with van der Waals surface area (Å²) in [5.74, 6) is 0.373. The van der Waals surface area contributed by atoms with E-state index in [1.807, 2.05) is 37.3 Å². The number of likely N-dealkylation sites (tertiary alicyclic amines) is 1. The van der Waals surface area contributed by atoms with E-state index in [4.69, 9.17) is 11.6 Å². The molecule has 1 fully saturated rings. The highest BCUT2D eigenvalue weighted by atomic mass is 35.5. The maximum atomic E-state index is 13.5. The zero-order chi connectivity index (χ0) is 24.4. The van der Waals surface area contributed by atoms with Crippen LogP contribution in [0.25, 0.3) is 10.9 Å². The number of halogens is 2. The summed E-state index contributed by atoms with van der Waals surface area (Å²) in [6.45, 7) is 4.79. The molecule has 1 atom stereocenters. The summed E-state index contributed by atoms with van der Waals surface area (Å²) in [5.41, 5.74) is 4.56. The molecule has 1 N–H and O–H groups in total. The molecule has 3 aromatic rings. The molecular formula is C29H31ClFN3O. The van der Waals surface area contributed by atoms with Crippen LogP contribution in [0.1, 0.15) is 55.7 Å². The van der Waals surface area contributed by atoms with Gasteiger partial charge in [-0.15, -0.1) is 0 Å². The lowest BCUT2D eigenvalue weighted by atomic mass is 9.89. The first-order valence-corrected chi connectivity index (χ1v) is 12.8. The molecule has 0 bridgehead atoms. The van der Waals surface area contributed by atoms with Gasteiger partial charge in [-0.3, -0.25) is 9.69 Å². The fraction of sp³-hybridized carbons (Fsp3) is 0.345. The van der Waals surface area contributed by atoms with Gasteiger partial charge < -0.3 is 9.88 Å². The largest absolute Gasteiger partial charge is 0.340 e. The van der Waals surface area contributed by atoms with Crippen molar-refractivity contribution in [3.05, 3.63) is 88.9 Å². The highest BCUT2D eigenvalue weighted by Crippen LogP contribution is 2.34. The predicted molar refractivity (Wildman–Crippen MR) is 142 cm³/mol. The van der Waals surface area contributed by atoms with Gasteiger partial charge in [0.15, 0.2) is 0 Å². The standard InChI is InChI=1S/C29H31ClFN3O/c1-2-29(35)32-25-5-3-4-21(16-25)20-12-14-33(15-13-20)18-22-19-34(26-9-7-24(31)8-10-26)28-17-23(30)6-11-27(22)28/h3-9,11,16-17,19-20,26H,2,10,12-15,18H2,1H3,(H,32,35). The van der Waals surface area contributed by atoms with Crippen LogP contribution in [-0.2, 0) is 11.3 Å². The van der Waals surface area contributed by atoms with E-state index in [0.717, 1.165) is 43.7 Å². The highest BCUT2D eigenvalue weighted by Gasteiger charge is 2.23. The van der Waals surface area contributed by atoms with Gasteiger partial charge in [-0.25, -0.2) is 4.39 Å². The Kier molecular flexibility index (Phi) is 7.07. The quantitative estimate of drug-likeness (QED) is 0.390. The normalized spacial score (nSPS) is 19.2. The molecule has 1 aliphatic heterocycles. The van der Waals surface area contributed by atoms with E-state index in [9.17, 15) is 9.18 Å². The number of carbonyl (C=O) groups is 1. The van der Waals surface area contributed by atoms with Crippen LogP contribution in [0.5, 0.6) is 0 Å². The number of allylic oxidation sites excluding steroid dienone is 4. The Balaban J connectivity index is 1.29. The second-order valence-electron chi connectivity index (χ2n) is 9.55. The molecule has 1 amide bonds. The Morgan fingerprint density at radius 1 is 1.17 bits per heavy atom. The van der Waals surface area contributed by atoms with Crippen molar-refractivity contribution in [2.75, 3.05) is 18.4 Å². The number of anilines is 1. The minimum atomic E-state index is -0.169. The maximum Gasteiger partial charge on any atom is 0.224 e. The number of fused-ring (bicyclic) bond motifs is 1. The first-order valence-electron chi connectivity index (χ1n) is 12.4. The van der Waals surface area contributed by atoms with Gasteiger partial charge in [0.1, 0.15) is 5.83 Å². The van der Waals surface area contributed by atoms with Crippen molar-refractivity contribution in [2.45, 2.75) is 51.1 Å². The molecule has 2 aliphatic rings. The number of nitrogens with one attached hydrogen (secondary N) is 1. The van der Waals surface area contributed by atoms with Crippen molar-refractivity contribution in [3.63, 3.8) is 0 Å². The topological polar surface area (TPSA) is 37.3 Å². The molecule has 1 aliphatic carbocycles. The molecule has 0 saturated carbocycles. The van der Waals surface area contributed by atoms with Gasteiger partial charge in [0.2, 0.25) is 5.91 Å². The van der Waals surface area contributed by atoms with Crippen molar-refractivity contribution < 1.29 is 9.18 Å². The van der Waals surface area contributed by atoms with Gasteiger partial charge in [-0.05, 0) is 85.8 Å². The van der Waals surface area contributed by atoms with Gasteiger partial charge in [0.25, 0.3) is 0 Å². The average Bonchev–Trinajstić information content (AvgIpc) is 3.22. The molecule has 0 spiro atoms. The summed E-state index contributed by atoms with van der Waals surface area (Å²) in [7, 11) is 0. The van der Waals surface area contributed by atoms with E-state index in [0.29, 0.717) is 23.8 Å². The fourth-order valence-electron chi connectivity index (χ4n) is 5.27. The molecule has 5 rings (SSSR count). The molecule has 35 heavy (non-hydrogen) atoms. The fourth-order valence-corrected chi connectivity index (χ4v) is 5.44. The maximum absolute atomic E-state index is 13.5. The summed E-state index contributed by atoms with van der Waals surface area (Å²) in [6, 6.07) is 14.5. The Morgan fingerprint density at radius 3 is 2.74 bits per heavy atom. The minimum Gasteiger partial charge on any atom is -0.340 e. The Labute approximate surface area is 211 Å². The summed E-state index contributed by atoms with van der Waals surface area (Å²) >= 11 is 6.34. The summed E-state index contributed by atoms with van der Waals surface area (Å²) in [6.07, 6.45) is 10.7. The number of amides is 1. The number of nitrogens with zero attached hydrogens (tertiary/aromatic N) is 2. The number of aromatic nitrogens is 1. The van der Waals surface area contributed by atoms with Crippen LogP contribution < -0.4 is 5.32 Å². The van der Waals surface area contributed by atoms with Crippen molar-refractivity contribution in [1.82, 2.24) is 9.47 Å². The predicted octanol–water partition coefficient (Wildman–Crippen LogP) is 7.38. The van der Waals surface area contributed by atoms with Gasteiger partial charge in [-0.2, -0.15) is 0 Å². The third-order valence-corrected chi connectivity index (χ3v) is 7.45. The van der Waals surface area contributed by atoms with Crippen LogP contribution in [0.3, 0.4) is 0 Å². The first kappa shape index (κ1) is 23.8. The van der Waals surface area contributed by atoms with Gasteiger partial charge in [-0.1, -0.05) is 42.8 Å². The lowest BCUT2D eigenvalue weighted by molar-refractivity contribution is -0.115. The monoisotopic (exact) mass is 491 g/mol. The third kappa shape index (κ3) is 5.36. The summed E-state index contributed by atoms with van der Waals surface area (Å²) in [4.78, 5) is 14.3. The highest BCUT2D eigenvalue weighted by molar-refractivity contribution is 6.31. The van der Waals surface area contributed by atoms with Gasteiger partial charge in [0, 0.05) is 35.3 Å². The van der Waals surface area contributed by atoms with E-state index in [-0.39, 0.29) is 17.8 Å². The first-order chi connectivity index (χ1) is 17.0. The molecule has 1 aromatic heterocycles. The van der Waals surface area contributed by atoms with Crippen LogP contribution >= 0.6 is 11.6 Å². The van der Waals surface area contributed by atoms with Crippen molar-refractivity contribution in [3.8, 4) is 0 Å². The zero-order valence-electron chi connectivity index (χ0n) is 20.0. The molecular weight excluding hydrogens is 461 g/mol. The second kappa shape index (κ2) is 10.4. The number of hydrogen-bond donors (Lipinski definition) is 1. The molecule has 182 valence electrons. The lowest BCUT2D eigenvalue weighted by Crippen LogP contribution is -2.32. The molecule has 1 saturated heterocycles. The average molecular weight is 492 g/mol. The third-order valence-electron chi connectivity index (χ3n) is 7.21. The molecule has 4 nitrogen and oxygen atoms in total. The SMILES string of the molecule is CCC(=O)Nc1cccc(C2CCN(Cc3cn(C4C=CC(F)=CC4)c4cc(Cl)ccc34)CC2)c1. The zero-order valence-corrected chi connectivity index (χ0v) is 20.8. The van der Waals surface area contributed by atoms with E-state index >= 15 is 0 Å². The number of carbonyl (C=O) groups excluding carboxylic acids is 1. The Bertz CT molecular complexity index is 1290. The van der Waals surface area contributed by atoms with Crippen molar-refractivity contribution in [1.29, 1.82) is 0 Å². The van der Waals surface area contributed by atoms with Crippen LogP contribution in [-0.4, -0.2) is 28.5 Å². The molecule has 6 heteroatoms. The Hall–Kier alpha value is -2.89.